The van der Waals surface area contributed by atoms with Crippen molar-refractivity contribution in [3.63, 3.8) is 0 Å². The Labute approximate surface area is 142 Å². The van der Waals surface area contributed by atoms with E-state index in [-0.39, 0.29) is 5.91 Å². The van der Waals surface area contributed by atoms with Crippen LogP contribution in [0.5, 0.6) is 17.2 Å². The molecule has 0 aliphatic rings. The van der Waals surface area contributed by atoms with Crippen LogP contribution in [0.1, 0.15) is 11.1 Å². The average Bonchev–Trinajstić information content (AvgIpc) is 2.59. The number of carbonyl (C=O) groups excluding carboxylic acids is 1. The SMILES string of the molecule is COc1ccc(OCCNC(=O)Cc2ccc(OC)c(C)c2)cc1. The van der Waals surface area contributed by atoms with Gasteiger partial charge in [0, 0.05) is 0 Å². The van der Waals surface area contributed by atoms with Crippen LogP contribution in [0, 0.1) is 6.92 Å². The second-order valence-corrected chi connectivity index (χ2v) is 5.35. The fourth-order valence-electron chi connectivity index (χ4n) is 2.33. The van der Waals surface area contributed by atoms with Crippen LogP contribution in [0.4, 0.5) is 0 Å². The van der Waals surface area contributed by atoms with Gasteiger partial charge >= 0.3 is 0 Å². The highest BCUT2D eigenvalue weighted by Gasteiger charge is 2.05. The molecule has 0 saturated heterocycles. The van der Waals surface area contributed by atoms with E-state index < -0.39 is 0 Å². The molecule has 0 saturated carbocycles. The fourth-order valence-corrected chi connectivity index (χ4v) is 2.33. The van der Waals surface area contributed by atoms with E-state index in [4.69, 9.17) is 14.2 Å². The van der Waals surface area contributed by atoms with Gasteiger partial charge in [-0.15, -0.1) is 0 Å². The highest BCUT2D eigenvalue weighted by Crippen LogP contribution is 2.19. The molecule has 0 radical (unpaired) electrons. The molecule has 0 heterocycles. The molecule has 5 nitrogen and oxygen atoms in total. The Bertz CT molecular complexity index is 668. The Kier molecular flexibility index (Phi) is 6.49. The number of nitrogens with one attached hydrogen (secondary N) is 1. The molecule has 0 aromatic heterocycles. The number of ether oxygens (including phenoxy) is 3. The van der Waals surface area contributed by atoms with Gasteiger partial charge in [-0.1, -0.05) is 12.1 Å². The van der Waals surface area contributed by atoms with E-state index in [9.17, 15) is 4.79 Å². The first-order valence-corrected chi connectivity index (χ1v) is 7.79. The molecular weight excluding hydrogens is 306 g/mol. The van der Waals surface area contributed by atoms with Crippen LogP contribution < -0.4 is 19.5 Å². The first-order valence-electron chi connectivity index (χ1n) is 7.79. The molecule has 24 heavy (non-hydrogen) atoms. The molecule has 2 aromatic rings. The molecule has 1 amide bonds. The lowest BCUT2D eigenvalue weighted by Crippen LogP contribution is -2.29. The molecule has 128 valence electrons. The van der Waals surface area contributed by atoms with Gasteiger partial charge < -0.3 is 19.5 Å². The van der Waals surface area contributed by atoms with Crippen molar-refractivity contribution in [2.45, 2.75) is 13.3 Å². The zero-order chi connectivity index (χ0) is 17.4. The summed E-state index contributed by atoms with van der Waals surface area (Å²) in [6.07, 6.45) is 0.341. The lowest BCUT2D eigenvalue weighted by molar-refractivity contribution is -0.120. The van der Waals surface area contributed by atoms with E-state index >= 15 is 0 Å². The van der Waals surface area contributed by atoms with E-state index in [0.29, 0.717) is 19.6 Å². The lowest BCUT2D eigenvalue weighted by atomic mass is 10.1. The van der Waals surface area contributed by atoms with Crippen molar-refractivity contribution in [3.8, 4) is 17.2 Å². The third-order valence-corrected chi connectivity index (χ3v) is 3.58. The zero-order valence-corrected chi connectivity index (χ0v) is 14.3. The number of carbonyl (C=O) groups is 1. The summed E-state index contributed by atoms with van der Waals surface area (Å²) >= 11 is 0. The second-order valence-electron chi connectivity index (χ2n) is 5.35. The predicted molar refractivity (Wildman–Crippen MR) is 92.9 cm³/mol. The Morgan fingerprint density at radius 2 is 1.71 bits per heavy atom. The molecule has 0 aliphatic carbocycles. The molecular formula is C19H23NO4. The largest absolute Gasteiger partial charge is 0.497 e. The third kappa shape index (κ3) is 5.19. The van der Waals surface area contributed by atoms with Crippen molar-refractivity contribution in [1.29, 1.82) is 0 Å². The number of aryl methyl sites for hydroxylation is 1. The van der Waals surface area contributed by atoms with Gasteiger partial charge in [0.2, 0.25) is 5.91 Å². The molecule has 0 unspecified atom stereocenters. The summed E-state index contributed by atoms with van der Waals surface area (Å²) in [6.45, 7) is 2.84. The number of amides is 1. The Morgan fingerprint density at radius 1 is 1.00 bits per heavy atom. The fraction of sp³-hybridized carbons (Fsp3) is 0.316. The van der Waals surface area contributed by atoms with Crippen LogP contribution in [0.2, 0.25) is 0 Å². The minimum absolute atomic E-state index is 0.0297. The van der Waals surface area contributed by atoms with Gasteiger partial charge in [0.25, 0.3) is 0 Å². The van der Waals surface area contributed by atoms with Gasteiger partial charge in [-0.3, -0.25) is 4.79 Å². The summed E-state index contributed by atoms with van der Waals surface area (Å²) in [4.78, 5) is 12.0. The normalized spacial score (nSPS) is 10.1. The minimum atomic E-state index is -0.0297. The van der Waals surface area contributed by atoms with Crippen LogP contribution >= 0.6 is 0 Å². The van der Waals surface area contributed by atoms with Gasteiger partial charge in [-0.25, -0.2) is 0 Å². The van der Waals surface area contributed by atoms with E-state index in [1.54, 1.807) is 14.2 Å². The Balaban J connectivity index is 1.72. The van der Waals surface area contributed by atoms with Crippen LogP contribution in [-0.4, -0.2) is 33.3 Å². The highest BCUT2D eigenvalue weighted by molar-refractivity contribution is 5.78. The van der Waals surface area contributed by atoms with Gasteiger partial charge in [0.05, 0.1) is 27.2 Å². The van der Waals surface area contributed by atoms with Crippen molar-refractivity contribution < 1.29 is 19.0 Å². The quantitative estimate of drug-likeness (QED) is 0.757. The monoisotopic (exact) mass is 329 g/mol. The predicted octanol–water partition coefficient (Wildman–Crippen LogP) is 2.75. The van der Waals surface area contributed by atoms with Gasteiger partial charge in [-0.2, -0.15) is 0 Å². The maximum Gasteiger partial charge on any atom is 0.224 e. The Hall–Kier alpha value is -2.69. The van der Waals surface area contributed by atoms with Gasteiger partial charge in [0.15, 0.2) is 0 Å². The first-order chi connectivity index (χ1) is 11.6. The average molecular weight is 329 g/mol. The molecule has 1 N–H and O–H groups in total. The molecule has 0 spiro atoms. The van der Waals surface area contributed by atoms with Gasteiger partial charge in [-0.05, 0) is 48.4 Å². The minimum Gasteiger partial charge on any atom is -0.497 e. The topological polar surface area (TPSA) is 56.8 Å². The van der Waals surface area contributed by atoms with Crippen LogP contribution in [0.25, 0.3) is 0 Å². The number of benzene rings is 2. The molecule has 0 bridgehead atoms. The number of rotatable bonds is 8. The number of methoxy groups -OCH3 is 2. The maximum absolute atomic E-state index is 12.0. The Morgan fingerprint density at radius 3 is 2.33 bits per heavy atom. The number of hydrogen-bond acceptors (Lipinski definition) is 4. The summed E-state index contributed by atoms with van der Waals surface area (Å²) in [5, 5.41) is 2.85. The summed E-state index contributed by atoms with van der Waals surface area (Å²) in [5.74, 6) is 2.33. The molecule has 0 atom stereocenters. The number of hydrogen-bond donors (Lipinski definition) is 1. The van der Waals surface area contributed by atoms with E-state index in [0.717, 1.165) is 28.4 Å². The van der Waals surface area contributed by atoms with Crippen LogP contribution in [-0.2, 0) is 11.2 Å². The summed E-state index contributed by atoms with van der Waals surface area (Å²) in [5.41, 5.74) is 1.98. The molecule has 2 rings (SSSR count). The lowest BCUT2D eigenvalue weighted by Gasteiger charge is -2.09. The molecule has 0 fully saturated rings. The van der Waals surface area contributed by atoms with Crippen LogP contribution in [0.3, 0.4) is 0 Å². The summed E-state index contributed by atoms with van der Waals surface area (Å²) in [7, 11) is 3.26. The van der Waals surface area contributed by atoms with E-state index in [1.807, 2.05) is 49.4 Å². The van der Waals surface area contributed by atoms with E-state index in [2.05, 4.69) is 5.32 Å². The van der Waals surface area contributed by atoms with Crippen molar-refractivity contribution in [2.75, 3.05) is 27.4 Å². The summed E-state index contributed by atoms with van der Waals surface area (Å²) < 4.78 is 15.9. The van der Waals surface area contributed by atoms with Crippen LogP contribution in [0.15, 0.2) is 42.5 Å². The summed E-state index contributed by atoms with van der Waals surface area (Å²) in [6, 6.07) is 13.1. The zero-order valence-electron chi connectivity index (χ0n) is 14.3. The molecule has 5 heteroatoms. The molecule has 0 aliphatic heterocycles. The van der Waals surface area contributed by atoms with E-state index in [1.165, 1.54) is 0 Å². The van der Waals surface area contributed by atoms with Crippen molar-refractivity contribution >= 4 is 5.91 Å². The second kappa shape index (κ2) is 8.82. The smallest absolute Gasteiger partial charge is 0.224 e. The molecule has 2 aromatic carbocycles. The standard InChI is InChI=1S/C19H23NO4/c1-14-12-15(4-9-18(14)23-3)13-19(21)20-10-11-24-17-7-5-16(22-2)6-8-17/h4-9,12H,10-11,13H2,1-3H3,(H,20,21). The van der Waals surface area contributed by atoms with Gasteiger partial charge in [0.1, 0.15) is 23.9 Å². The van der Waals surface area contributed by atoms with Crippen molar-refractivity contribution in [2.24, 2.45) is 0 Å². The van der Waals surface area contributed by atoms with Crippen molar-refractivity contribution in [1.82, 2.24) is 5.32 Å². The maximum atomic E-state index is 12.0. The van der Waals surface area contributed by atoms with Crippen molar-refractivity contribution in [3.05, 3.63) is 53.6 Å². The first kappa shape index (κ1) is 17.7. The highest BCUT2D eigenvalue weighted by atomic mass is 16.5. The third-order valence-electron chi connectivity index (χ3n) is 3.58.